The molecule has 3 N–H and O–H groups in total. The van der Waals surface area contributed by atoms with Crippen LogP contribution in [0.3, 0.4) is 0 Å². The number of ether oxygens (including phenoxy) is 1. The molecule has 4 aromatic heterocycles. The third-order valence-electron chi connectivity index (χ3n) is 12.9. The zero-order valence-electron chi connectivity index (χ0n) is 33.3. The first-order chi connectivity index (χ1) is 29.6. The van der Waals surface area contributed by atoms with Gasteiger partial charge in [-0.2, -0.15) is 14.6 Å². The number of alkyl halides is 2. The number of fused-ring (bicyclic) bond motifs is 4. The minimum atomic E-state index is -2.87. The number of halogens is 2. The molecule has 5 aromatic rings. The predicted octanol–water partition coefficient (Wildman–Crippen LogP) is 4.21. The van der Waals surface area contributed by atoms with E-state index in [1.807, 2.05) is 24.3 Å². The highest BCUT2D eigenvalue weighted by Crippen LogP contribution is 2.38. The van der Waals surface area contributed by atoms with Gasteiger partial charge in [0.1, 0.15) is 11.4 Å². The van der Waals surface area contributed by atoms with E-state index in [1.54, 1.807) is 10.9 Å². The summed E-state index contributed by atoms with van der Waals surface area (Å²) in [5, 5.41) is 17.5. The lowest BCUT2D eigenvalue weighted by Crippen LogP contribution is -2.49. The van der Waals surface area contributed by atoms with Crippen molar-refractivity contribution in [3.63, 3.8) is 0 Å². The number of benzene rings is 1. The topological polar surface area (TPSA) is 184 Å². The Kier molecular flexibility index (Phi) is 10.7. The van der Waals surface area contributed by atoms with Crippen molar-refractivity contribution in [1.29, 1.82) is 0 Å². The molecule has 20 heteroatoms. The van der Waals surface area contributed by atoms with Crippen LogP contribution in [0.25, 0.3) is 15.7 Å². The quantitative estimate of drug-likeness (QED) is 0.161. The second kappa shape index (κ2) is 16.4. The largest absolute Gasteiger partial charge is 0.374 e. The molecule has 17 nitrogen and oxygen atoms in total. The van der Waals surface area contributed by atoms with Crippen molar-refractivity contribution >= 4 is 68.1 Å². The van der Waals surface area contributed by atoms with Crippen LogP contribution < -0.4 is 20.9 Å². The summed E-state index contributed by atoms with van der Waals surface area (Å²) >= 11 is 1.24. The van der Waals surface area contributed by atoms with Gasteiger partial charge in [-0.15, -0.1) is 0 Å². The van der Waals surface area contributed by atoms with Crippen LogP contribution in [0.5, 0.6) is 0 Å². The Morgan fingerprint density at radius 2 is 1.80 bits per heavy atom. The van der Waals surface area contributed by atoms with Crippen molar-refractivity contribution < 1.29 is 32.7 Å². The van der Waals surface area contributed by atoms with Gasteiger partial charge in [-0.05, 0) is 68.1 Å². The maximum absolute atomic E-state index is 14.3. The van der Waals surface area contributed by atoms with Gasteiger partial charge in [-0.1, -0.05) is 12.1 Å². The van der Waals surface area contributed by atoms with E-state index in [0.717, 1.165) is 87.3 Å². The maximum atomic E-state index is 14.3. The molecule has 4 amide bonds. The summed E-state index contributed by atoms with van der Waals surface area (Å²) in [5.41, 5.74) is 1.35. The van der Waals surface area contributed by atoms with E-state index < -0.39 is 23.9 Å². The van der Waals surface area contributed by atoms with Gasteiger partial charge < -0.3 is 25.2 Å². The van der Waals surface area contributed by atoms with E-state index in [9.17, 15) is 28.0 Å². The zero-order valence-corrected chi connectivity index (χ0v) is 34.2. The van der Waals surface area contributed by atoms with Gasteiger partial charge in [-0.3, -0.25) is 34.1 Å². The monoisotopic (exact) mass is 856 g/mol. The van der Waals surface area contributed by atoms with Crippen LogP contribution in [-0.2, 0) is 19.1 Å². The number of carbonyl (C=O) groups excluding carboxylic acids is 4. The molecule has 1 aliphatic carbocycles. The highest BCUT2D eigenvalue weighted by atomic mass is 32.1. The lowest BCUT2D eigenvalue weighted by molar-refractivity contribution is -0.134. The van der Waals surface area contributed by atoms with Crippen molar-refractivity contribution in [2.75, 3.05) is 68.0 Å². The molecule has 1 saturated carbocycles. The van der Waals surface area contributed by atoms with E-state index in [0.29, 0.717) is 36.0 Å². The van der Waals surface area contributed by atoms with Crippen molar-refractivity contribution in [1.82, 2.24) is 43.9 Å². The maximum Gasteiger partial charge on any atom is 0.284 e. The number of hydrogen-bond donors (Lipinski definition) is 3. The average molecular weight is 857 g/mol. The molecule has 4 saturated heterocycles. The summed E-state index contributed by atoms with van der Waals surface area (Å²) in [7, 11) is 0. The Hall–Kier alpha value is -5.44. The number of amides is 4. The van der Waals surface area contributed by atoms with Gasteiger partial charge in [-0.25, -0.2) is 18.3 Å². The fourth-order valence-corrected chi connectivity index (χ4v) is 10.6. The zero-order chi connectivity index (χ0) is 41.8. The number of rotatable bonds is 11. The Bertz CT molecular complexity index is 2490. The van der Waals surface area contributed by atoms with E-state index in [4.69, 9.17) is 9.72 Å². The number of aromatic nitrogens is 6. The lowest BCUT2D eigenvalue weighted by Gasteiger charge is -2.38. The third-order valence-corrected chi connectivity index (χ3v) is 13.8. The number of anilines is 3. The molecule has 0 spiro atoms. The molecule has 4 aliphatic heterocycles. The number of piperazine rings is 1. The fraction of sp³-hybridized carbons (Fsp3) is 0.512. The molecule has 8 heterocycles. The summed E-state index contributed by atoms with van der Waals surface area (Å²) in [6.45, 7) is 5.75. The van der Waals surface area contributed by atoms with Gasteiger partial charge in [0.15, 0.2) is 11.3 Å². The highest BCUT2D eigenvalue weighted by molar-refractivity contribution is 7.14. The predicted molar refractivity (Wildman–Crippen MR) is 221 cm³/mol. The second-order valence-corrected chi connectivity index (χ2v) is 17.6. The standard InChI is InChI=1S/C41H46F2N12O5S/c42-38(43)36-31(46-41(59)29-17-44-54-11-10-32(47-39(29)54)53-19-26-16-25(53)22-60-26)20-55(49-36)24-6-4-23(5-7-24)18-51-12-14-52(15-13-51)21-34(57)45-30-3-1-2-27-35(50-61-37(27)30)28-8-9-33(56)48-40(28)58/h1-3,10-11,17,20,23-26,28,38H,4-9,12-16,18-19,21-22H2,(H,45,57)(H,46,59)(H,48,56,58)/t23?,24?,25-,26-,28?/m1/s1. The molecule has 0 radical (unpaired) electrons. The van der Waals surface area contributed by atoms with Crippen LogP contribution in [0.15, 0.2) is 42.9 Å². The van der Waals surface area contributed by atoms with Gasteiger partial charge >= 0.3 is 0 Å². The first-order valence-corrected chi connectivity index (χ1v) is 21.8. The van der Waals surface area contributed by atoms with Crippen LogP contribution in [0.1, 0.15) is 85.1 Å². The highest BCUT2D eigenvalue weighted by Gasteiger charge is 2.40. The SMILES string of the molecule is O=C1CCC(c2nsc3c(NC(=O)CN4CCN(CC5CCC(n6cc(NC(=O)c7cnn8ccc(N9C[C@H]%10C[C@@H]9CO%10)nc78)c(C(F)F)n6)CC5)CC4)cccc23)C(=O)N1. The fourth-order valence-electron chi connectivity index (χ4n) is 9.66. The Morgan fingerprint density at radius 1 is 0.984 bits per heavy atom. The lowest BCUT2D eigenvalue weighted by atomic mass is 9.85. The molecule has 5 aliphatic rings. The molecule has 61 heavy (non-hydrogen) atoms. The van der Waals surface area contributed by atoms with Gasteiger partial charge in [0.05, 0.1) is 65.2 Å². The summed E-state index contributed by atoms with van der Waals surface area (Å²) < 4.78 is 42.7. The Labute approximate surface area is 352 Å². The van der Waals surface area contributed by atoms with E-state index >= 15 is 0 Å². The number of nitrogens with zero attached hydrogens (tertiary/aromatic N) is 9. The number of morpholine rings is 1. The molecular weight excluding hydrogens is 811 g/mol. The van der Waals surface area contributed by atoms with Gasteiger partial charge in [0.25, 0.3) is 12.3 Å². The number of hydrogen-bond acceptors (Lipinski definition) is 13. The second-order valence-electron chi connectivity index (χ2n) is 16.8. The third kappa shape index (κ3) is 7.97. The molecule has 1 aromatic carbocycles. The minimum Gasteiger partial charge on any atom is -0.374 e. The first kappa shape index (κ1) is 39.7. The molecule has 3 atom stereocenters. The van der Waals surface area contributed by atoms with Crippen molar-refractivity contribution in [2.24, 2.45) is 5.92 Å². The van der Waals surface area contributed by atoms with Gasteiger partial charge in [0.2, 0.25) is 17.7 Å². The molecule has 2 bridgehead atoms. The molecule has 5 fully saturated rings. The van der Waals surface area contributed by atoms with E-state index in [1.165, 1.54) is 28.4 Å². The number of nitrogens with one attached hydrogen (secondary N) is 3. The van der Waals surface area contributed by atoms with Crippen LogP contribution in [-0.4, -0.2) is 127 Å². The number of piperidine rings is 1. The molecule has 1 unspecified atom stereocenters. The van der Waals surface area contributed by atoms with Crippen LogP contribution >= 0.6 is 11.5 Å². The smallest absolute Gasteiger partial charge is 0.284 e. The number of imide groups is 1. The van der Waals surface area contributed by atoms with Crippen molar-refractivity contribution in [3.05, 3.63) is 59.8 Å². The van der Waals surface area contributed by atoms with Crippen LogP contribution in [0.4, 0.5) is 26.0 Å². The Morgan fingerprint density at radius 3 is 2.56 bits per heavy atom. The van der Waals surface area contributed by atoms with Gasteiger partial charge in [0, 0.05) is 63.5 Å². The summed E-state index contributed by atoms with van der Waals surface area (Å²) in [6, 6.07) is 7.61. The molecule has 10 rings (SSSR count). The van der Waals surface area contributed by atoms with Crippen molar-refractivity contribution in [3.8, 4) is 0 Å². The summed E-state index contributed by atoms with van der Waals surface area (Å²) in [4.78, 5) is 62.4. The number of carbonyl (C=O) groups is 4. The average Bonchev–Trinajstić information content (AvgIpc) is 4.11. The van der Waals surface area contributed by atoms with Crippen LogP contribution in [0, 0.1) is 5.92 Å². The van der Waals surface area contributed by atoms with Crippen molar-refractivity contribution in [2.45, 2.75) is 75.5 Å². The summed E-state index contributed by atoms with van der Waals surface area (Å²) in [5.74, 6) is -0.615. The normalized spacial score (nSPS) is 24.9. The van der Waals surface area contributed by atoms with E-state index in [-0.39, 0.29) is 60.1 Å². The first-order valence-electron chi connectivity index (χ1n) is 21.0. The minimum absolute atomic E-state index is 0.0160. The van der Waals surface area contributed by atoms with E-state index in [2.05, 4.69) is 45.2 Å². The molecule has 320 valence electrons. The molecular formula is C41H46F2N12O5S. The van der Waals surface area contributed by atoms with Crippen LogP contribution in [0.2, 0.25) is 0 Å². The Balaban J connectivity index is 0.699. The summed E-state index contributed by atoms with van der Waals surface area (Å²) in [6.07, 6.45) is 7.04.